The van der Waals surface area contributed by atoms with E-state index in [0.717, 1.165) is 69.0 Å². The van der Waals surface area contributed by atoms with E-state index in [1.807, 2.05) is 12.1 Å². The highest BCUT2D eigenvalue weighted by molar-refractivity contribution is 6.30. The Labute approximate surface area is 170 Å². The topological polar surface area (TPSA) is 91.1 Å². The summed E-state index contributed by atoms with van der Waals surface area (Å²) in [5, 5.41) is 8.73. The van der Waals surface area contributed by atoms with Crippen molar-refractivity contribution in [1.29, 1.82) is 0 Å². The lowest BCUT2D eigenvalue weighted by molar-refractivity contribution is -0.113. The summed E-state index contributed by atoms with van der Waals surface area (Å²) in [5.74, 6) is 1.25. The highest BCUT2D eigenvalue weighted by Crippen LogP contribution is 2.30. The number of benzene rings is 1. The van der Waals surface area contributed by atoms with Crippen LogP contribution in [0, 0.1) is 5.92 Å². The van der Waals surface area contributed by atoms with Crippen molar-refractivity contribution in [2.45, 2.75) is 44.2 Å². The third-order valence-electron chi connectivity index (χ3n) is 6.09. The number of carbonyl (C=O) groups excluding carboxylic acids is 1. The quantitative estimate of drug-likeness (QED) is 0.747. The van der Waals surface area contributed by atoms with Crippen LogP contribution in [0.5, 0.6) is 0 Å². The summed E-state index contributed by atoms with van der Waals surface area (Å²) in [6.07, 6.45) is 6.27. The number of carbonyl (C=O) groups is 1. The van der Waals surface area contributed by atoms with Gasteiger partial charge in [-0.2, -0.15) is 0 Å². The zero-order valence-corrected chi connectivity index (χ0v) is 16.7. The summed E-state index contributed by atoms with van der Waals surface area (Å²) < 4.78 is 0. The number of hydrogen-bond donors (Lipinski definition) is 2. The van der Waals surface area contributed by atoms with Crippen LogP contribution in [-0.2, 0) is 11.2 Å². The molecule has 2 aliphatic rings. The number of aromatic amines is 1. The fraction of sp³-hybridized carbons (Fsp3) is 0.550. The normalized spacial score (nSPS) is 24.4. The van der Waals surface area contributed by atoms with Gasteiger partial charge in [0.05, 0.1) is 0 Å². The lowest BCUT2D eigenvalue weighted by Gasteiger charge is -2.46. The van der Waals surface area contributed by atoms with Crippen molar-refractivity contribution in [3.8, 4) is 0 Å². The first-order valence-electron chi connectivity index (χ1n) is 10.0. The number of rotatable bonds is 5. The van der Waals surface area contributed by atoms with Crippen molar-refractivity contribution < 1.29 is 4.79 Å². The highest BCUT2D eigenvalue weighted by atomic mass is 35.5. The number of aldehydes is 1. The van der Waals surface area contributed by atoms with Crippen molar-refractivity contribution in [2.24, 2.45) is 5.92 Å². The molecule has 3 heterocycles. The standard InChI is InChI=1S/C20H27ClN6O/c21-16-4-1-14(2-5-16)11-18-6-3-15(13-28)12-27(18)17-7-9-26(10-8-17)20-23-19(22)24-25-20/h1-2,4-5,13,15,17-18H,3,6-12H2,(H3,22,23,24,25)/t15?,18-/m1/s1. The van der Waals surface area contributed by atoms with Gasteiger partial charge in [0.2, 0.25) is 11.9 Å². The van der Waals surface area contributed by atoms with Crippen LogP contribution in [0.1, 0.15) is 31.2 Å². The van der Waals surface area contributed by atoms with Gasteiger partial charge in [0.15, 0.2) is 0 Å². The molecular formula is C20H27ClN6O. The molecule has 0 radical (unpaired) electrons. The van der Waals surface area contributed by atoms with Gasteiger partial charge in [-0.25, -0.2) is 0 Å². The number of nitrogen functional groups attached to an aromatic ring is 1. The Kier molecular flexibility index (Phi) is 5.82. The van der Waals surface area contributed by atoms with Crippen molar-refractivity contribution >= 4 is 29.8 Å². The van der Waals surface area contributed by atoms with E-state index in [9.17, 15) is 4.79 Å². The lowest BCUT2D eigenvalue weighted by atomic mass is 9.87. The molecule has 2 aromatic rings. The smallest absolute Gasteiger partial charge is 0.226 e. The highest BCUT2D eigenvalue weighted by Gasteiger charge is 2.35. The van der Waals surface area contributed by atoms with Crippen LogP contribution in [-0.4, -0.2) is 58.1 Å². The van der Waals surface area contributed by atoms with E-state index in [1.165, 1.54) is 5.56 Å². The lowest BCUT2D eigenvalue weighted by Crippen LogP contribution is -2.54. The van der Waals surface area contributed by atoms with E-state index < -0.39 is 0 Å². The monoisotopic (exact) mass is 402 g/mol. The van der Waals surface area contributed by atoms with Gasteiger partial charge < -0.3 is 15.4 Å². The number of anilines is 2. The van der Waals surface area contributed by atoms with Gasteiger partial charge in [-0.1, -0.05) is 23.7 Å². The summed E-state index contributed by atoms with van der Waals surface area (Å²) in [7, 11) is 0. The largest absolute Gasteiger partial charge is 0.368 e. The molecule has 1 unspecified atom stereocenters. The number of hydrogen-bond acceptors (Lipinski definition) is 6. The Hall–Kier alpha value is -2.12. The van der Waals surface area contributed by atoms with E-state index in [1.54, 1.807) is 0 Å². The zero-order chi connectivity index (χ0) is 19.5. The molecule has 2 aliphatic heterocycles. The summed E-state index contributed by atoms with van der Waals surface area (Å²) >= 11 is 6.03. The molecule has 1 aromatic heterocycles. The molecule has 4 rings (SSSR count). The Morgan fingerprint density at radius 3 is 2.54 bits per heavy atom. The first-order chi connectivity index (χ1) is 13.6. The van der Waals surface area contributed by atoms with E-state index in [0.29, 0.717) is 18.0 Å². The number of halogens is 1. The van der Waals surface area contributed by atoms with Crippen LogP contribution >= 0.6 is 11.6 Å². The predicted octanol–water partition coefficient (Wildman–Crippen LogP) is 2.53. The minimum Gasteiger partial charge on any atom is -0.368 e. The van der Waals surface area contributed by atoms with Gasteiger partial charge in [-0.3, -0.25) is 9.88 Å². The molecule has 2 atom stereocenters. The number of piperidine rings is 2. The molecule has 8 heteroatoms. The van der Waals surface area contributed by atoms with Crippen LogP contribution in [0.2, 0.25) is 5.02 Å². The summed E-state index contributed by atoms with van der Waals surface area (Å²) in [6, 6.07) is 9.10. The maximum Gasteiger partial charge on any atom is 0.226 e. The summed E-state index contributed by atoms with van der Waals surface area (Å²) in [5.41, 5.74) is 6.96. The van der Waals surface area contributed by atoms with E-state index in [4.69, 9.17) is 17.3 Å². The summed E-state index contributed by atoms with van der Waals surface area (Å²) in [6.45, 7) is 2.69. The summed E-state index contributed by atoms with van der Waals surface area (Å²) in [4.78, 5) is 19.3. The van der Waals surface area contributed by atoms with Crippen molar-refractivity contribution in [3.05, 3.63) is 34.9 Å². The van der Waals surface area contributed by atoms with Gasteiger partial charge in [0.25, 0.3) is 0 Å². The Morgan fingerprint density at radius 2 is 1.89 bits per heavy atom. The number of nitrogens with two attached hydrogens (primary N) is 1. The van der Waals surface area contributed by atoms with Crippen LogP contribution in [0.25, 0.3) is 0 Å². The fourth-order valence-electron chi connectivity index (χ4n) is 4.57. The molecule has 150 valence electrons. The first kappa shape index (κ1) is 19.2. The van der Waals surface area contributed by atoms with E-state index in [2.05, 4.69) is 37.1 Å². The minimum absolute atomic E-state index is 0.147. The number of aromatic nitrogens is 3. The Morgan fingerprint density at radius 1 is 1.14 bits per heavy atom. The van der Waals surface area contributed by atoms with Gasteiger partial charge >= 0.3 is 0 Å². The first-order valence-corrected chi connectivity index (χ1v) is 10.4. The number of nitrogens with zero attached hydrogens (tertiary/aromatic N) is 4. The Balaban J connectivity index is 1.43. The van der Waals surface area contributed by atoms with Gasteiger partial charge in [0.1, 0.15) is 6.29 Å². The fourth-order valence-corrected chi connectivity index (χ4v) is 4.70. The molecule has 0 bridgehead atoms. The van der Waals surface area contributed by atoms with Crippen molar-refractivity contribution in [2.75, 3.05) is 30.3 Å². The third kappa shape index (κ3) is 4.31. The minimum atomic E-state index is 0.147. The second-order valence-electron chi connectivity index (χ2n) is 7.91. The second kappa shape index (κ2) is 8.49. The van der Waals surface area contributed by atoms with E-state index in [-0.39, 0.29) is 5.92 Å². The SMILES string of the molecule is Nc1nnc(N2CCC(N3CC(C=O)CC[C@@H]3Cc3ccc(Cl)cc3)CC2)[nH]1. The second-order valence-corrected chi connectivity index (χ2v) is 8.34. The molecule has 0 aliphatic carbocycles. The van der Waals surface area contributed by atoms with Gasteiger partial charge in [-0.15, -0.1) is 10.2 Å². The Bertz CT molecular complexity index is 786. The predicted molar refractivity (Wildman–Crippen MR) is 110 cm³/mol. The van der Waals surface area contributed by atoms with Gasteiger partial charge in [-0.05, 0) is 49.8 Å². The number of likely N-dealkylation sites (tertiary alicyclic amines) is 1. The van der Waals surface area contributed by atoms with Crippen LogP contribution < -0.4 is 10.6 Å². The maximum atomic E-state index is 11.4. The van der Waals surface area contributed by atoms with Crippen molar-refractivity contribution in [1.82, 2.24) is 20.1 Å². The third-order valence-corrected chi connectivity index (χ3v) is 6.34. The maximum absolute atomic E-state index is 11.4. The zero-order valence-electron chi connectivity index (χ0n) is 15.9. The van der Waals surface area contributed by atoms with Crippen LogP contribution in [0.15, 0.2) is 24.3 Å². The number of H-pyrrole nitrogens is 1. The molecular weight excluding hydrogens is 376 g/mol. The molecule has 3 N–H and O–H groups in total. The molecule has 0 spiro atoms. The molecule has 2 fully saturated rings. The average Bonchev–Trinajstić information content (AvgIpc) is 3.16. The molecule has 7 nitrogen and oxygen atoms in total. The molecule has 1 aromatic carbocycles. The molecule has 0 amide bonds. The number of nitrogens with one attached hydrogen (secondary N) is 1. The van der Waals surface area contributed by atoms with Crippen LogP contribution in [0.3, 0.4) is 0 Å². The van der Waals surface area contributed by atoms with Crippen molar-refractivity contribution in [3.63, 3.8) is 0 Å². The van der Waals surface area contributed by atoms with Gasteiger partial charge in [0, 0.05) is 42.7 Å². The van der Waals surface area contributed by atoms with Crippen LogP contribution in [0.4, 0.5) is 11.9 Å². The molecule has 28 heavy (non-hydrogen) atoms. The molecule has 0 saturated carbocycles. The van der Waals surface area contributed by atoms with E-state index >= 15 is 0 Å². The molecule has 2 saturated heterocycles. The average molecular weight is 403 g/mol.